The van der Waals surface area contributed by atoms with Gasteiger partial charge in [-0.2, -0.15) is 0 Å². The second-order valence-corrected chi connectivity index (χ2v) is 21.5. The number of pyridine rings is 2. The van der Waals surface area contributed by atoms with Crippen LogP contribution in [0.1, 0.15) is 64.5 Å². The molecular formula is C49H52BBrF3N11O6S3. The van der Waals surface area contributed by atoms with Gasteiger partial charge in [0.05, 0.1) is 41.2 Å². The van der Waals surface area contributed by atoms with Gasteiger partial charge in [0.25, 0.3) is 5.56 Å². The number of hydrogen-bond donors (Lipinski definition) is 6. The van der Waals surface area contributed by atoms with E-state index >= 15 is 0 Å². The number of amides is 6. The summed E-state index contributed by atoms with van der Waals surface area (Å²) >= 11 is 6.72. The highest BCUT2D eigenvalue weighted by molar-refractivity contribution is 9.10. The van der Waals surface area contributed by atoms with Crippen LogP contribution in [0.5, 0.6) is 0 Å². The lowest BCUT2D eigenvalue weighted by atomic mass is 9.75. The van der Waals surface area contributed by atoms with Gasteiger partial charge in [0.15, 0.2) is 15.4 Å². The summed E-state index contributed by atoms with van der Waals surface area (Å²) in [6, 6.07) is 14.9. The van der Waals surface area contributed by atoms with Gasteiger partial charge in [0, 0.05) is 72.9 Å². The molecule has 0 radical (unpaired) electrons. The SMILES string of the molecule is CCNC(=O)Nc1nc2cc(-c3cc(C)n(C(C)c4ccc(C)nc4)c(=O)c3)c(F)cc2s1.CCNC(=O)Nc1nc2cc(B3OCC(C)(C)CO3)c(F)cc2s1.CCNC(=O)Nc1nc2cc(Br)c(F)cc2s1. The van der Waals surface area contributed by atoms with E-state index < -0.39 is 18.8 Å². The molecule has 1 unspecified atom stereocenters. The zero-order valence-corrected chi connectivity index (χ0v) is 45.5. The van der Waals surface area contributed by atoms with Crippen LogP contribution in [0.3, 0.4) is 0 Å². The summed E-state index contributed by atoms with van der Waals surface area (Å²) in [5, 5.41) is 17.0. The minimum absolute atomic E-state index is 0.0819. The number of thiazole rings is 3. The molecule has 0 aliphatic carbocycles. The monoisotopic (exact) mass is 1130 g/mol. The van der Waals surface area contributed by atoms with Crippen LogP contribution >= 0.6 is 49.9 Å². The Morgan fingerprint density at radius 3 is 1.69 bits per heavy atom. The molecule has 3 aromatic carbocycles. The van der Waals surface area contributed by atoms with Crippen molar-refractivity contribution >= 4 is 127 Å². The fourth-order valence-electron chi connectivity index (χ4n) is 7.42. The van der Waals surface area contributed by atoms with Crippen LogP contribution in [0.4, 0.5) is 42.9 Å². The lowest BCUT2D eigenvalue weighted by molar-refractivity contribution is 0.0340. The molecule has 1 aliphatic heterocycles. The lowest BCUT2D eigenvalue weighted by Crippen LogP contribution is -2.48. The maximum absolute atomic E-state index is 15.0. The maximum atomic E-state index is 15.0. The highest BCUT2D eigenvalue weighted by Gasteiger charge is 2.35. The van der Waals surface area contributed by atoms with Crippen molar-refractivity contribution in [2.24, 2.45) is 5.41 Å². The summed E-state index contributed by atoms with van der Waals surface area (Å²) in [6.45, 7) is 17.7. The molecule has 5 aromatic heterocycles. The third-order valence-electron chi connectivity index (χ3n) is 11.0. The van der Waals surface area contributed by atoms with E-state index in [1.54, 1.807) is 35.0 Å². The number of carbonyl (C=O) groups is 3. The molecule has 9 rings (SSSR count). The van der Waals surface area contributed by atoms with E-state index in [9.17, 15) is 32.3 Å². The number of nitrogens with zero attached hydrogens (tertiary/aromatic N) is 5. The topological polar surface area (TPSA) is 215 Å². The number of benzene rings is 3. The minimum atomic E-state index is -0.732. The zero-order valence-electron chi connectivity index (χ0n) is 41.5. The molecule has 0 bridgehead atoms. The van der Waals surface area contributed by atoms with Crippen molar-refractivity contribution in [2.75, 3.05) is 48.8 Å². The first kappa shape index (κ1) is 55.3. The molecule has 1 fully saturated rings. The Morgan fingerprint density at radius 2 is 1.20 bits per heavy atom. The number of aryl methyl sites for hydroxylation is 2. The van der Waals surface area contributed by atoms with Crippen LogP contribution in [-0.2, 0) is 9.31 Å². The summed E-state index contributed by atoms with van der Waals surface area (Å²) < 4.78 is 57.9. The molecular weight excluding hydrogens is 1080 g/mol. The van der Waals surface area contributed by atoms with Gasteiger partial charge >= 0.3 is 25.2 Å². The van der Waals surface area contributed by atoms with Crippen LogP contribution < -0.4 is 42.9 Å². The van der Waals surface area contributed by atoms with Crippen LogP contribution in [0.25, 0.3) is 41.8 Å². The van der Waals surface area contributed by atoms with Crippen molar-refractivity contribution in [1.29, 1.82) is 0 Å². The largest absolute Gasteiger partial charge is 0.496 e. The highest BCUT2D eigenvalue weighted by Crippen LogP contribution is 2.34. The molecule has 1 atom stereocenters. The van der Waals surface area contributed by atoms with E-state index in [2.05, 4.69) is 67.8 Å². The first-order valence-corrected chi connectivity index (χ1v) is 26.5. The van der Waals surface area contributed by atoms with Crippen molar-refractivity contribution in [2.45, 2.75) is 61.4 Å². The average Bonchev–Trinajstić information content (AvgIpc) is 4.04. The van der Waals surface area contributed by atoms with E-state index in [-0.39, 0.29) is 46.5 Å². The first-order valence-electron chi connectivity index (χ1n) is 23.2. The average molecular weight is 1130 g/mol. The molecule has 0 spiro atoms. The van der Waals surface area contributed by atoms with Gasteiger partial charge in [-0.25, -0.2) is 42.5 Å². The Bertz CT molecular complexity index is 3360. The van der Waals surface area contributed by atoms with Crippen LogP contribution in [0.2, 0.25) is 0 Å². The molecule has 388 valence electrons. The van der Waals surface area contributed by atoms with Gasteiger partial charge in [-0.15, -0.1) is 0 Å². The highest BCUT2D eigenvalue weighted by atomic mass is 79.9. The molecule has 25 heteroatoms. The third-order valence-corrected chi connectivity index (χ3v) is 14.4. The second-order valence-electron chi connectivity index (χ2n) is 17.5. The van der Waals surface area contributed by atoms with Crippen molar-refractivity contribution in [3.63, 3.8) is 0 Å². The molecule has 1 aliphatic rings. The second kappa shape index (κ2) is 24.2. The first-order chi connectivity index (χ1) is 35.2. The number of nitrogens with one attached hydrogen (secondary N) is 6. The van der Waals surface area contributed by atoms with Crippen molar-refractivity contribution < 1.29 is 36.9 Å². The standard InChI is InChI=1S/C24H24FN5O2S.C15H19BFN3O3S.C10H9BrFN3OS/c1-5-26-23(32)29-24-28-20-10-18(19(25)11-21(20)33-24)17-8-14(3)30(22(31)9-17)15(4)16-7-6-13(2)27-12-16;1-4-18-13(21)20-14-19-11-5-9(10(17)6-12(11)24-14)16-22-7-15(2,3)8-23-16;1-2-13-9(16)15-10-14-7-3-5(11)6(12)4-8(7)17-10/h6-12,15H,5H2,1-4H3,(H2,26,28,29,32);5-6H,4,7-8H2,1-3H3,(H2,18,19,20,21);3-4H,2H2,1H3,(H2,13,14,15,16). The van der Waals surface area contributed by atoms with E-state index in [1.807, 2.05) is 67.5 Å². The number of hydrogen-bond acceptors (Lipinski definition) is 13. The van der Waals surface area contributed by atoms with Gasteiger partial charge in [0.1, 0.15) is 17.5 Å². The smallest absolute Gasteiger partial charge is 0.407 e. The van der Waals surface area contributed by atoms with Crippen molar-refractivity contribution in [1.82, 2.24) is 40.5 Å². The Hall–Kier alpha value is -6.51. The third kappa shape index (κ3) is 13.8. The summed E-state index contributed by atoms with van der Waals surface area (Å²) in [5.74, 6) is -1.20. The Labute approximate surface area is 444 Å². The summed E-state index contributed by atoms with van der Waals surface area (Å²) in [6.07, 6.45) is 1.77. The van der Waals surface area contributed by atoms with Gasteiger partial charge in [-0.3, -0.25) is 25.7 Å². The molecule has 0 saturated carbocycles. The number of halogens is 4. The van der Waals surface area contributed by atoms with Crippen molar-refractivity contribution in [3.05, 3.63) is 116 Å². The minimum Gasteiger partial charge on any atom is -0.407 e. The quantitative estimate of drug-likeness (QED) is 0.0713. The fourth-order valence-corrected chi connectivity index (χ4v) is 10.4. The van der Waals surface area contributed by atoms with E-state index in [1.165, 1.54) is 58.3 Å². The normalized spacial score (nSPS) is 13.3. The molecule has 6 N–H and O–H groups in total. The fraction of sp³-hybridized carbons (Fsp3) is 0.306. The molecule has 8 aromatic rings. The van der Waals surface area contributed by atoms with Gasteiger partial charge in [-0.1, -0.05) is 53.9 Å². The molecule has 17 nitrogen and oxygen atoms in total. The predicted molar refractivity (Wildman–Crippen MR) is 293 cm³/mol. The Balaban J connectivity index is 0.000000171. The number of fused-ring (bicyclic) bond motifs is 3. The van der Waals surface area contributed by atoms with Crippen LogP contribution in [-0.4, -0.2) is 82.6 Å². The molecule has 6 amide bonds. The molecule has 74 heavy (non-hydrogen) atoms. The van der Waals surface area contributed by atoms with E-state index in [0.29, 0.717) is 100 Å². The number of urea groups is 3. The van der Waals surface area contributed by atoms with Gasteiger partial charge in [0.2, 0.25) is 0 Å². The Kier molecular flexibility index (Phi) is 18.1. The maximum Gasteiger partial charge on any atom is 0.496 e. The van der Waals surface area contributed by atoms with E-state index in [0.717, 1.165) is 11.3 Å². The van der Waals surface area contributed by atoms with Gasteiger partial charge in [-0.05, 0) is 117 Å². The van der Waals surface area contributed by atoms with Crippen LogP contribution in [0.15, 0.2) is 76.1 Å². The van der Waals surface area contributed by atoms with E-state index in [4.69, 9.17) is 9.31 Å². The summed E-state index contributed by atoms with van der Waals surface area (Å²) in [4.78, 5) is 64.9. The lowest BCUT2D eigenvalue weighted by Gasteiger charge is -2.33. The van der Waals surface area contributed by atoms with Crippen LogP contribution in [0, 0.1) is 36.7 Å². The summed E-state index contributed by atoms with van der Waals surface area (Å²) in [7, 11) is -0.732. The zero-order chi connectivity index (χ0) is 53.4. The molecule has 1 saturated heterocycles. The Morgan fingerprint density at radius 1 is 0.716 bits per heavy atom. The summed E-state index contributed by atoms with van der Waals surface area (Å²) in [5.41, 5.74) is 5.11. The number of aromatic nitrogens is 5. The number of rotatable bonds is 10. The number of carbonyl (C=O) groups excluding carboxylic acids is 3. The molecule has 6 heterocycles. The predicted octanol–water partition coefficient (Wildman–Crippen LogP) is 10.7. The number of anilines is 3. The van der Waals surface area contributed by atoms with Gasteiger partial charge < -0.3 is 29.8 Å². The van der Waals surface area contributed by atoms with Crippen molar-refractivity contribution in [3.8, 4) is 11.1 Å².